The van der Waals surface area contributed by atoms with Gasteiger partial charge in [-0.2, -0.15) is 0 Å². The number of hydrogen-bond donors (Lipinski definition) is 4. The predicted octanol–water partition coefficient (Wildman–Crippen LogP) is 6.68. The average Bonchev–Trinajstić information content (AvgIpc) is 3.66. The maximum absolute atomic E-state index is 14.5. The number of nitrogens with zero attached hydrogens (tertiary/aromatic N) is 4. The van der Waals surface area contributed by atoms with Crippen molar-refractivity contribution in [3.05, 3.63) is 111 Å². The molecule has 4 aromatic rings. The van der Waals surface area contributed by atoms with Crippen LogP contribution in [0.25, 0.3) is 11.1 Å². The highest BCUT2D eigenvalue weighted by Gasteiger charge is 2.57. The number of nitrogens with two attached hydrogens (primary N) is 2. The number of aliphatic imine (C=N–C) groups is 2. The Kier molecular flexibility index (Phi) is 14.4. The minimum Gasteiger partial charge on any atom is -0.490 e. The third kappa shape index (κ3) is 10.0. The first kappa shape index (κ1) is 52.6. The van der Waals surface area contributed by atoms with Gasteiger partial charge in [0.05, 0.1) is 11.2 Å². The molecule has 4 aromatic carbocycles. The zero-order valence-electron chi connectivity index (χ0n) is 40.3. The standard InChI is InChI=1S/C25H26F3N3O3.C19H24BrN3O3.C6H4BF3O2/c1-24(2)11-14(6-7-33-24)20-12-25(22(32)31(3)23(29)30-25)17-8-13(4-5-19(17)34-20)16-9-15(26)10-18(27)21(16)28;1-18(2)9-11(6-7-25-18)15-10-19(16(24)23(3)17(21)22-19)13-8-12(20)4-5-14(13)26-15;8-3-1-4(7(11)12)6(10)5(9)2-3/h4-5,8-10,14,20H,6-7,11-12H2,1-3H3,(H2,29,30);4-5,8,11,15H,6-7,9-10H2,1-3H3,(H2,21,22);1-2,11-12H. The number of benzene rings is 4. The van der Waals surface area contributed by atoms with Gasteiger partial charge in [0, 0.05) is 90.7 Å². The van der Waals surface area contributed by atoms with Crippen molar-refractivity contribution in [3.8, 4) is 22.6 Å². The molecule has 0 radical (unpaired) electrons. The number of rotatable bonds is 4. The topological polar surface area (TPSA) is 195 Å². The van der Waals surface area contributed by atoms with Crippen LogP contribution in [0.3, 0.4) is 0 Å². The average molecular weight is 1070 g/mol. The Morgan fingerprint density at radius 1 is 0.653 bits per heavy atom. The van der Waals surface area contributed by atoms with Crippen LogP contribution in [-0.4, -0.2) is 101 Å². The maximum Gasteiger partial charge on any atom is 0.491 e. The van der Waals surface area contributed by atoms with Crippen LogP contribution in [0, 0.1) is 46.7 Å². The second-order valence-electron chi connectivity index (χ2n) is 20.1. The fraction of sp³-hybridized carbons (Fsp3) is 0.440. The zero-order valence-corrected chi connectivity index (χ0v) is 41.8. The Morgan fingerprint density at radius 2 is 1.11 bits per heavy atom. The molecule has 6 N–H and O–H groups in total. The van der Waals surface area contributed by atoms with Gasteiger partial charge < -0.3 is 40.5 Å². The van der Waals surface area contributed by atoms with Crippen LogP contribution in [0.2, 0.25) is 0 Å². The summed E-state index contributed by atoms with van der Waals surface area (Å²) in [5, 5.41) is 16.9. The van der Waals surface area contributed by atoms with Gasteiger partial charge >= 0.3 is 7.12 Å². The minimum absolute atomic E-state index is 0.0669. The molecule has 2 fully saturated rings. The number of ether oxygens (including phenoxy) is 4. The van der Waals surface area contributed by atoms with Crippen molar-refractivity contribution in [2.45, 2.75) is 101 Å². The van der Waals surface area contributed by atoms with Crippen molar-refractivity contribution in [2.24, 2.45) is 33.3 Å². The van der Waals surface area contributed by atoms with E-state index in [0.717, 1.165) is 41.8 Å². The molecule has 6 atom stereocenters. The van der Waals surface area contributed by atoms with Crippen molar-refractivity contribution < 1.29 is 64.9 Å². The van der Waals surface area contributed by atoms with Crippen LogP contribution in [-0.2, 0) is 30.1 Å². The second kappa shape index (κ2) is 19.6. The van der Waals surface area contributed by atoms with Gasteiger partial charge in [-0.05, 0) is 101 Å². The molecule has 2 spiro atoms. The van der Waals surface area contributed by atoms with Crippen LogP contribution in [0.15, 0.2) is 75.1 Å². The number of guanidine groups is 2. The molecule has 0 bridgehead atoms. The molecular formula is C50H54BBrF6N6O8. The summed E-state index contributed by atoms with van der Waals surface area (Å²) in [6.45, 7) is 9.54. The number of hydrogen-bond acceptors (Lipinski definition) is 12. The molecule has 22 heteroatoms. The normalized spacial score (nSPS) is 26.8. The molecular weight excluding hydrogens is 1020 g/mol. The molecule has 0 aromatic heterocycles. The highest BCUT2D eigenvalue weighted by atomic mass is 79.9. The third-order valence-corrected chi connectivity index (χ3v) is 14.6. The monoisotopic (exact) mass is 1070 g/mol. The first-order valence-corrected chi connectivity index (χ1v) is 24.0. The largest absolute Gasteiger partial charge is 0.491 e. The summed E-state index contributed by atoms with van der Waals surface area (Å²) in [4.78, 5) is 38.6. The van der Waals surface area contributed by atoms with Crippen molar-refractivity contribution in [3.63, 3.8) is 0 Å². The van der Waals surface area contributed by atoms with E-state index in [-0.39, 0.29) is 70.6 Å². The number of likely N-dealkylation sites (N-methyl/N-ethyl adjacent to an activating group) is 2. The first-order valence-electron chi connectivity index (χ1n) is 23.2. The molecule has 6 unspecified atom stereocenters. The van der Waals surface area contributed by atoms with E-state index >= 15 is 0 Å². The molecule has 2 saturated heterocycles. The number of carbonyl (C=O) groups is 2. The van der Waals surface area contributed by atoms with Crippen molar-refractivity contribution >= 4 is 52.2 Å². The Hall–Kier alpha value is -5.68. The lowest BCUT2D eigenvalue weighted by Gasteiger charge is -2.44. The molecule has 6 aliphatic heterocycles. The van der Waals surface area contributed by atoms with Gasteiger partial charge in [-0.3, -0.25) is 19.4 Å². The van der Waals surface area contributed by atoms with Crippen LogP contribution < -0.4 is 26.4 Å². The van der Waals surface area contributed by atoms with E-state index in [0.29, 0.717) is 60.8 Å². The highest BCUT2D eigenvalue weighted by Crippen LogP contribution is 2.51. The lowest BCUT2D eigenvalue weighted by Crippen LogP contribution is -2.49. The summed E-state index contributed by atoms with van der Waals surface area (Å²) in [5.41, 5.74) is 9.53. The van der Waals surface area contributed by atoms with E-state index in [1.54, 1.807) is 20.2 Å². The van der Waals surface area contributed by atoms with Gasteiger partial charge in [-0.1, -0.05) is 22.0 Å². The molecule has 0 saturated carbocycles. The lowest BCUT2D eigenvalue weighted by atomic mass is 9.74. The van der Waals surface area contributed by atoms with Crippen LogP contribution in [0.5, 0.6) is 11.5 Å². The van der Waals surface area contributed by atoms with E-state index in [4.69, 9.17) is 40.5 Å². The quantitative estimate of drug-likeness (QED) is 0.0974. The lowest BCUT2D eigenvalue weighted by molar-refractivity contribution is -0.135. The van der Waals surface area contributed by atoms with Gasteiger partial charge in [0.2, 0.25) is 0 Å². The van der Waals surface area contributed by atoms with E-state index < -0.39 is 58.6 Å². The fourth-order valence-electron chi connectivity index (χ4n) is 10.5. The number of carbonyl (C=O) groups excluding carboxylic acids is 2. The summed E-state index contributed by atoms with van der Waals surface area (Å²) in [5.74, 6) is -5.85. The Morgan fingerprint density at radius 3 is 1.57 bits per heavy atom. The van der Waals surface area contributed by atoms with Crippen molar-refractivity contribution in [1.29, 1.82) is 0 Å². The number of halogens is 7. The third-order valence-electron chi connectivity index (χ3n) is 14.1. The molecule has 14 nitrogen and oxygen atoms in total. The van der Waals surface area contributed by atoms with Gasteiger partial charge in [0.15, 0.2) is 46.3 Å². The summed E-state index contributed by atoms with van der Waals surface area (Å²) < 4.78 is 105. The molecule has 384 valence electrons. The van der Waals surface area contributed by atoms with Gasteiger partial charge in [0.1, 0.15) is 35.3 Å². The predicted molar refractivity (Wildman–Crippen MR) is 258 cm³/mol. The second-order valence-corrected chi connectivity index (χ2v) is 21.0. The Labute approximate surface area is 420 Å². The maximum atomic E-state index is 14.5. The molecule has 6 aliphatic rings. The molecule has 2 amide bonds. The van der Waals surface area contributed by atoms with Gasteiger partial charge in [-0.15, -0.1) is 0 Å². The fourth-order valence-corrected chi connectivity index (χ4v) is 10.9. The highest BCUT2D eigenvalue weighted by molar-refractivity contribution is 9.10. The van der Waals surface area contributed by atoms with E-state index in [2.05, 4.69) is 39.8 Å². The molecule has 72 heavy (non-hydrogen) atoms. The van der Waals surface area contributed by atoms with Gasteiger partial charge in [0.25, 0.3) is 11.8 Å². The first-order chi connectivity index (χ1) is 33.7. The summed E-state index contributed by atoms with van der Waals surface area (Å²) in [7, 11) is 1.01. The number of amides is 2. The van der Waals surface area contributed by atoms with Gasteiger partial charge in [-0.25, -0.2) is 36.3 Å². The molecule has 0 aliphatic carbocycles. The smallest absolute Gasteiger partial charge is 0.490 e. The van der Waals surface area contributed by atoms with Crippen LogP contribution >= 0.6 is 15.9 Å². The number of fused-ring (bicyclic) bond motifs is 4. The summed E-state index contributed by atoms with van der Waals surface area (Å²) in [6.07, 6.45) is 3.65. The minimum atomic E-state index is -2.21. The van der Waals surface area contributed by atoms with E-state index in [1.807, 2.05) is 32.0 Å². The zero-order chi connectivity index (χ0) is 52.4. The molecule has 6 heterocycles. The van der Waals surface area contributed by atoms with Crippen LogP contribution in [0.4, 0.5) is 26.3 Å². The van der Waals surface area contributed by atoms with Crippen LogP contribution in [0.1, 0.15) is 77.3 Å². The summed E-state index contributed by atoms with van der Waals surface area (Å²) in [6, 6.07) is 12.7. The van der Waals surface area contributed by atoms with E-state index in [9.17, 15) is 35.9 Å². The SMILES string of the molecule is CN1C(=O)C2(CC(C3CCOC(C)(C)C3)Oc3ccc(-c4cc(F)cc(F)c4F)cc32)N=C1N.CN1C(=O)C2(CC(C3CCOC(C)(C)C3)Oc3ccc(Br)cc32)N=C1N.OB(O)c1cc(F)cc(F)c1F. The van der Waals surface area contributed by atoms with E-state index in [1.165, 1.54) is 21.9 Å². The van der Waals surface area contributed by atoms with Crippen molar-refractivity contribution in [2.75, 3.05) is 27.3 Å². The molecule has 10 rings (SSSR count). The Bertz CT molecular complexity index is 2880. The Balaban J connectivity index is 0.000000161. The summed E-state index contributed by atoms with van der Waals surface area (Å²) >= 11 is 3.50. The van der Waals surface area contributed by atoms with Crippen molar-refractivity contribution in [1.82, 2.24) is 9.80 Å².